The van der Waals surface area contributed by atoms with Crippen LogP contribution < -0.4 is 0 Å². The first-order valence-electron chi connectivity index (χ1n) is 5.39. The van der Waals surface area contributed by atoms with Crippen molar-refractivity contribution < 1.29 is 4.79 Å². The van der Waals surface area contributed by atoms with Crippen molar-refractivity contribution in [1.29, 1.82) is 0 Å². The molecule has 0 fully saturated rings. The third kappa shape index (κ3) is 4.52. The van der Waals surface area contributed by atoms with Crippen LogP contribution in [0.15, 0.2) is 34.8 Å². The molecular weight excluding hydrogens is 293 g/mol. The van der Waals surface area contributed by atoms with Crippen LogP contribution in [0.4, 0.5) is 0 Å². The summed E-state index contributed by atoms with van der Waals surface area (Å²) in [6, 6.07) is 7.34. The fraction of sp³-hybridized carbons (Fsp3) is 0.308. The summed E-state index contributed by atoms with van der Waals surface area (Å²) in [5, 5.41) is 0.597. The normalized spacial score (nSPS) is 11.8. The van der Waals surface area contributed by atoms with E-state index in [4.69, 9.17) is 34.8 Å². The molecule has 0 saturated carbocycles. The molecule has 1 amide bonds. The number of hydrogen-bond donors (Lipinski definition) is 0. The summed E-state index contributed by atoms with van der Waals surface area (Å²) in [5.41, 5.74) is 0.841. The summed E-state index contributed by atoms with van der Waals surface area (Å²) in [4.78, 5) is 13.3. The first-order chi connectivity index (χ1) is 8.41. The summed E-state index contributed by atoms with van der Waals surface area (Å²) in [5.74, 6) is -0.232. The lowest BCUT2D eigenvalue weighted by atomic mass is 9.95. The molecular formula is C13H14Cl3NO. The first-order valence-corrected chi connectivity index (χ1v) is 6.52. The molecule has 0 aliphatic rings. The molecule has 1 aromatic carbocycles. The number of carbonyl (C=O) groups excluding carboxylic acids is 1. The van der Waals surface area contributed by atoms with E-state index in [1.807, 2.05) is 18.2 Å². The van der Waals surface area contributed by atoms with Gasteiger partial charge in [0.25, 0.3) is 0 Å². The Kier molecular flexibility index (Phi) is 6.00. The van der Waals surface area contributed by atoms with E-state index in [1.54, 1.807) is 26.2 Å². The molecule has 1 aromatic rings. The first kappa shape index (κ1) is 15.4. The lowest BCUT2D eigenvalue weighted by Gasteiger charge is -2.17. The molecule has 0 heterocycles. The highest BCUT2D eigenvalue weighted by Crippen LogP contribution is 2.30. The molecule has 0 unspecified atom stereocenters. The minimum absolute atomic E-state index is 0.00856. The minimum Gasteiger partial charge on any atom is -0.349 e. The number of rotatable bonds is 4. The Bertz CT molecular complexity index is 453. The second-order valence-electron chi connectivity index (χ2n) is 4.08. The van der Waals surface area contributed by atoms with Crippen molar-refractivity contribution in [2.75, 3.05) is 14.1 Å². The predicted octanol–water partition coefficient (Wildman–Crippen LogP) is 4.22. The smallest absolute Gasteiger partial charge is 0.222 e. The molecule has 0 aromatic heterocycles. The van der Waals surface area contributed by atoms with E-state index in [-0.39, 0.29) is 22.7 Å². The predicted molar refractivity (Wildman–Crippen MR) is 77.3 cm³/mol. The highest BCUT2D eigenvalue weighted by atomic mass is 35.5. The van der Waals surface area contributed by atoms with Gasteiger partial charge >= 0.3 is 0 Å². The van der Waals surface area contributed by atoms with E-state index < -0.39 is 0 Å². The molecule has 1 atom stereocenters. The Hall–Kier alpha value is -0.700. The minimum atomic E-state index is -0.224. The Morgan fingerprint density at radius 2 is 1.94 bits per heavy atom. The largest absolute Gasteiger partial charge is 0.349 e. The van der Waals surface area contributed by atoms with Crippen molar-refractivity contribution in [2.24, 2.45) is 0 Å². The highest BCUT2D eigenvalue weighted by Gasteiger charge is 2.17. The van der Waals surface area contributed by atoms with Gasteiger partial charge in [-0.05, 0) is 17.7 Å². The van der Waals surface area contributed by atoms with E-state index in [0.717, 1.165) is 5.56 Å². The Labute approximate surface area is 122 Å². The Balaban J connectivity index is 3.03. The van der Waals surface area contributed by atoms with E-state index in [9.17, 15) is 4.79 Å². The van der Waals surface area contributed by atoms with E-state index >= 15 is 0 Å². The number of amides is 1. The molecule has 98 valence electrons. The molecule has 0 spiro atoms. The third-order valence-corrected chi connectivity index (χ3v) is 3.12. The van der Waals surface area contributed by atoms with Crippen molar-refractivity contribution >= 4 is 40.7 Å². The van der Waals surface area contributed by atoms with Gasteiger partial charge in [0.1, 0.15) is 4.49 Å². The van der Waals surface area contributed by atoms with Crippen molar-refractivity contribution in [1.82, 2.24) is 4.90 Å². The van der Waals surface area contributed by atoms with Crippen LogP contribution in [0.5, 0.6) is 0 Å². The summed E-state index contributed by atoms with van der Waals surface area (Å²) < 4.78 is 0.131. The fourth-order valence-corrected chi connectivity index (χ4v) is 2.14. The standard InChI is InChI=1S/C13H14Cl3NO/c1-17(2)13(18)8-9(7-12(15)16)10-5-3-4-6-11(10)14/h3-7,9H,8H2,1-2H3/t9-/m0/s1. The van der Waals surface area contributed by atoms with Crippen molar-refractivity contribution in [3.05, 3.63) is 45.4 Å². The SMILES string of the molecule is CN(C)C(=O)C[C@H](C=C(Cl)Cl)c1ccccc1Cl. The molecule has 0 aliphatic heterocycles. The Morgan fingerprint density at radius 3 is 2.44 bits per heavy atom. The maximum atomic E-state index is 11.8. The van der Waals surface area contributed by atoms with Crippen molar-refractivity contribution in [3.63, 3.8) is 0 Å². The molecule has 0 radical (unpaired) electrons. The quantitative estimate of drug-likeness (QED) is 0.815. The number of benzene rings is 1. The molecule has 2 nitrogen and oxygen atoms in total. The Morgan fingerprint density at radius 1 is 1.33 bits per heavy atom. The van der Waals surface area contributed by atoms with Crippen LogP contribution in [0.1, 0.15) is 17.9 Å². The molecule has 0 aliphatic carbocycles. The van der Waals surface area contributed by atoms with Gasteiger partial charge in [-0.1, -0.05) is 53.0 Å². The number of halogens is 3. The second-order valence-corrected chi connectivity index (χ2v) is 5.49. The van der Waals surface area contributed by atoms with Gasteiger partial charge in [0, 0.05) is 31.5 Å². The maximum absolute atomic E-state index is 11.8. The topological polar surface area (TPSA) is 20.3 Å². The van der Waals surface area contributed by atoms with Gasteiger partial charge < -0.3 is 4.90 Å². The fourth-order valence-electron chi connectivity index (χ4n) is 1.56. The lowest BCUT2D eigenvalue weighted by Crippen LogP contribution is -2.23. The van der Waals surface area contributed by atoms with Gasteiger partial charge in [-0.15, -0.1) is 0 Å². The van der Waals surface area contributed by atoms with Gasteiger partial charge in [-0.2, -0.15) is 0 Å². The average molecular weight is 307 g/mol. The second kappa shape index (κ2) is 7.03. The summed E-state index contributed by atoms with van der Waals surface area (Å²) in [7, 11) is 3.41. The molecule has 0 bridgehead atoms. The van der Waals surface area contributed by atoms with E-state index in [2.05, 4.69) is 0 Å². The lowest BCUT2D eigenvalue weighted by molar-refractivity contribution is -0.128. The van der Waals surface area contributed by atoms with Crippen LogP contribution in [0.25, 0.3) is 0 Å². The van der Waals surface area contributed by atoms with Crippen LogP contribution in [0.3, 0.4) is 0 Å². The van der Waals surface area contributed by atoms with Gasteiger partial charge in [0.15, 0.2) is 0 Å². The molecule has 0 N–H and O–H groups in total. The van der Waals surface area contributed by atoms with E-state index in [1.165, 1.54) is 4.90 Å². The number of carbonyl (C=O) groups is 1. The zero-order valence-corrected chi connectivity index (χ0v) is 12.4. The summed E-state index contributed by atoms with van der Waals surface area (Å²) in [6.45, 7) is 0. The highest BCUT2D eigenvalue weighted by molar-refractivity contribution is 6.55. The number of allylic oxidation sites excluding steroid dienone is 1. The van der Waals surface area contributed by atoms with Crippen LogP contribution >= 0.6 is 34.8 Å². The number of hydrogen-bond acceptors (Lipinski definition) is 1. The average Bonchev–Trinajstić information content (AvgIpc) is 2.28. The van der Waals surface area contributed by atoms with Crippen LogP contribution in [-0.4, -0.2) is 24.9 Å². The van der Waals surface area contributed by atoms with Crippen molar-refractivity contribution in [3.8, 4) is 0 Å². The maximum Gasteiger partial charge on any atom is 0.222 e. The van der Waals surface area contributed by atoms with Crippen LogP contribution in [-0.2, 0) is 4.79 Å². The van der Waals surface area contributed by atoms with Gasteiger partial charge in [-0.25, -0.2) is 0 Å². The van der Waals surface area contributed by atoms with Crippen molar-refractivity contribution in [2.45, 2.75) is 12.3 Å². The molecule has 0 saturated heterocycles. The molecule has 18 heavy (non-hydrogen) atoms. The summed E-state index contributed by atoms with van der Waals surface area (Å²) >= 11 is 17.5. The zero-order chi connectivity index (χ0) is 13.7. The molecule has 5 heteroatoms. The third-order valence-electron chi connectivity index (χ3n) is 2.53. The van der Waals surface area contributed by atoms with Crippen LogP contribution in [0.2, 0.25) is 5.02 Å². The van der Waals surface area contributed by atoms with E-state index in [0.29, 0.717) is 5.02 Å². The van der Waals surface area contributed by atoms with Gasteiger partial charge in [0.2, 0.25) is 5.91 Å². The zero-order valence-electron chi connectivity index (χ0n) is 10.2. The summed E-state index contributed by atoms with van der Waals surface area (Å²) in [6.07, 6.45) is 1.91. The van der Waals surface area contributed by atoms with Gasteiger partial charge in [0.05, 0.1) is 0 Å². The monoisotopic (exact) mass is 305 g/mol. The number of nitrogens with zero attached hydrogens (tertiary/aromatic N) is 1. The van der Waals surface area contributed by atoms with Crippen LogP contribution in [0, 0.1) is 0 Å². The molecule has 1 rings (SSSR count). The van der Waals surface area contributed by atoms with Gasteiger partial charge in [-0.3, -0.25) is 4.79 Å².